The summed E-state index contributed by atoms with van der Waals surface area (Å²) in [6.07, 6.45) is 1.66. The van der Waals surface area contributed by atoms with Crippen molar-refractivity contribution in [3.8, 4) is 22.4 Å². The van der Waals surface area contributed by atoms with Gasteiger partial charge in [0, 0.05) is 11.1 Å². The summed E-state index contributed by atoms with van der Waals surface area (Å²) in [6.45, 7) is 0. The first kappa shape index (κ1) is 12.2. The molecule has 0 aliphatic rings. The van der Waals surface area contributed by atoms with E-state index in [0.717, 1.165) is 16.8 Å². The second kappa shape index (κ2) is 5.01. The zero-order chi connectivity index (χ0) is 13.9. The van der Waals surface area contributed by atoms with Crippen molar-refractivity contribution in [2.24, 2.45) is 0 Å². The summed E-state index contributed by atoms with van der Waals surface area (Å²) in [5.41, 5.74) is 3.51. The number of carboxylic acid groups (broad SMARTS) is 1. The van der Waals surface area contributed by atoms with Gasteiger partial charge >= 0.3 is 5.97 Å². The van der Waals surface area contributed by atoms with Crippen LogP contribution in [0.2, 0.25) is 0 Å². The van der Waals surface area contributed by atoms with Crippen molar-refractivity contribution < 1.29 is 9.90 Å². The fraction of sp³-hybridized carbons (Fsp3) is 0. The molecule has 0 unspecified atom stereocenters. The first-order valence-electron chi connectivity index (χ1n) is 6.19. The summed E-state index contributed by atoms with van der Waals surface area (Å²) < 4.78 is 0. The first-order valence-corrected chi connectivity index (χ1v) is 6.19. The predicted octanol–water partition coefficient (Wildman–Crippen LogP) is 3.44. The molecule has 0 fully saturated rings. The fourth-order valence-electron chi connectivity index (χ4n) is 2.22. The summed E-state index contributed by atoms with van der Waals surface area (Å²) in [5, 5.41) is 16.3. The van der Waals surface area contributed by atoms with Gasteiger partial charge in [-0.25, -0.2) is 4.79 Å². The van der Waals surface area contributed by atoms with Crippen LogP contribution in [0.5, 0.6) is 0 Å². The molecule has 98 valence electrons. The Morgan fingerprint density at radius 2 is 1.65 bits per heavy atom. The van der Waals surface area contributed by atoms with Gasteiger partial charge in [-0.05, 0) is 11.6 Å². The van der Waals surface area contributed by atoms with Gasteiger partial charge in [0.2, 0.25) is 0 Å². The van der Waals surface area contributed by atoms with Crippen molar-refractivity contribution in [3.05, 3.63) is 66.4 Å². The highest BCUT2D eigenvalue weighted by Gasteiger charge is 2.16. The molecule has 0 amide bonds. The molecule has 20 heavy (non-hydrogen) atoms. The Morgan fingerprint density at radius 3 is 2.40 bits per heavy atom. The van der Waals surface area contributed by atoms with Crippen LogP contribution < -0.4 is 0 Å². The van der Waals surface area contributed by atoms with E-state index in [1.807, 2.05) is 36.4 Å². The normalized spacial score (nSPS) is 10.4. The monoisotopic (exact) mass is 264 g/mol. The first-order chi connectivity index (χ1) is 9.77. The van der Waals surface area contributed by atoms with Crippen LogP contribution >= 0.6 is 0 Å². The molecule has 2 N–H and O–H groups in total. The van der Waals surface area contributed by atoms with Gasteiger partial charge in [0.25, 0.3) is 0 Å². The second-order valence-corrected chi connectivity index (χ2v) is 4.38. The summed E-state index contributed by atoms with van der Waals surface area (Å²) in [6, 6.07) is 16.6. The van der Waals surface area contributed by atoms with Gasteiger partial charge in [-0.15, -0.1) is 0 Å². The van der Waals surface area contributed by atoms with Gasteiger partial charge in [-0.3, -0.25) is 5.10 Å². The zero-order valence-electron chi connectivity index (χ0n) is 10.6. The molecule has 4 nitrogen and oxygen atoms in total. The molecule has 3 aromatic rings. The Labute approximate surface area is 115 Å². The van der Waals surface area contributed by atoms with Crippen LogP contribution in [0.15, 0.2) is 60.8 Å². The zero-order valence-corrected chi connectivity index (χ0v) is 10.6. The highest BCUT2D eigenvalue weighted by molar-refractivity contribution is 5.98. The van der Waals surface area contributed by atoms with Gasteiger partial charge in [-0.1, -0.05) is 48.5 Å². The van der Waals surface area contributed by atoms with Crippen molar-refractivity contribution >= 4 is 5.97 Å². The van der Waals surface area contributed by atoms with Gasteiger partial charge in [-0.2, -0.15) is 5.10 Å². The van der Waals surface area contributed by atoms with E-state index >= 15 is 0 Å². The number of aromatic nitrogens is 2. The lowest BCUT2D eigenvalue weighted by atomic mass is 9.97. The third-order valence-electron chi connectivity index (χ3n) is 3.15. The van der Waals surface area contributed by atoms with Crippen molar-refractivity contribution in [1.82, 2.24) is 10.2 Å². The lowest BCUT2D eigenvalue weighted by molar-refractivity contribution is 0.0698. The number of hydrogen-bond donors (Lipinski definition) is 2. The Morgan fingerprint density at radius 1 is 0.950 bits per heavy atom. The number of aromatic carboxylic acids is 1. The molecule has 0 spiro atoms. The Hall–Kier alpha value is -2.88. The fourth-order valence-corrected chi connectivity index (χ4v) is 2.22. The van der Waals surface area contributed by atoms with E-state index in [1.54, 1.807) is 24.4 Å². The molecule has 2 aromatic carbocycles. The average molecular weight is 264 g/mol. The second-order valence-electron chi connectivity index (χ2n) is 4.38. The number of aromatic amines is 1. The minimum atomic E-state index is -0.944. The molecule has 1 heterocycles. The predicted molar refractivity (Wildman–Crippen MR) is 76.4 cm³/mol. The quantitative estimate of drug-likeness (QED) is 0.761. The number of rotatable bonds is 3. The van der Waals surface area contributed by atoms with Crippen molar-refractivity contribution in [2.45, 2.75) is 0 Å². The number of H-pyrrole nitrogens is 1. The smallest absolute Gasteiger partial charge is 0.336 e. The molecule has 0 aliphatic carbocycles. The van der Waals surface area contributed by atoms with Gasteiger partial charge < -0.3 is 5.11 Å². The molecule has 0 aliphatic heterocycles. The number of carboxylic acids is 1. The number of nitrogens with zero attached hydrogens (tertiary/aromatic N) is 1. The Bertz CT molecular complexity index is 748. The summed E-state index contributed by atoms with van der Waals surface area (Å²) in [4.78, 5) is 11.3. The average Bonchev–Trinajstić information content (AvgIpc) is 2.97. The largest absolute Gasteiger partial charge is 0.478 e. The maximum absolute atomic E-state index is 11.3. The standard InChI is InChI=1S/C16H12N2O2/c19-16(20)13-9-5-4-8-12(13)14-10-17-18-15(14)11-6-2-1-3-7-11/h1-10H,(H,17,18)(H,19,20). The third-order valence-corrected chi connectivity index (χ3v) is 3.15. The third kappa shape index (κ3) is 2.07. The van der Waals surface area contributed by atoms with E-state index in [1.165, 1.54) is 0 Å². The lowest BCUT2D eigenvalue weighted by Gasteiger charge is -2.06. The molecule has 0 radical (unpaired) electrons. The molecule has 0 bridgehead atoms. The van der Waals surface area contributed by atoms with Crippen molar-refractivity contribution in [2.75, 3.05) is 0 Å². The van der Waals surface area contributed by atoms with Crippen LogP contribution in [-0.2, 0) is 0 Å². The molecule has 1 aromatic heterocycles. The van der Waals surface area contributed by atoms with E-state index in [9.17, 15) is 9.90 Å². The molecular formula is C16H12N2O2. The molecular weight excluding hydrogens is 252 g/mol. The number of nitrogens with one attached hydrogen (secondary N) is 1. The van der Waals surface area contributed by atoms with Gasteiger partial charge in [0.1, 0.15) is 0 Å². The number of hydrogen-bond acceptors (Lipinski definition) is 2. The molecule has 4 heteroatoms. The van der Waals surface area contributed by atoms with E-state index in [0.29, 0.717) is 5.56 Å². The lowest BCUT2D eigenvalue weighted by Crippen LogP contribution is -1.99. The van der Waals surface area contributed by atoms with Crippen LogP contribution in [-0.4, -0.2) is 21.3 Å². The summed E-state index contributed by atoms with van der Waals surface area (Å²) >= 11 is 0. The Balaban J connectivity index is 2.18. The molecule has 0 saturated heterocycles. The minimum absolute atomic E-state index is 0.270. The highest BCUT2D eigenvalue weighted by Crippen LogP contribution is 2.32. The maximum Gasteiger partial charge on any atom is 0.336 e. The van der Waals surface area contributed by atoms with Crippen LogP contribution in [0, 0.1) is 0 Å². The van der Waals surface area contributed by atoms with Crippen LogP contribution in [0.4, 0.5) is 0 Å². The van der Waals surface area contributed by atoms with Crippen LogP contribution in [0.3, 0.4) is 0 Å². The van der Waals surface area contributed by atoms with Crippen LogP contribution in [0.1, 0.15) is 10.4 Å². The van der Waals surface area contributed by atoms with E-state index in [-0.39, 0.29) is 5.56 Å². The maximum atomic E-state index is 11.3. The van der Waals surface area contributed by atoms with E-state index < -0.39 is 5.97 Å². The minimum Gasteiger partial charge on any atom is -0.478 e. The summed E-state index contributed by atoms with van der Waals surface area (Å²) in [7, 11) is 0. The van der Waals surface area contributed by atoms with Crippen molar-refractivity contribution in [1.29, 1.82) is 0 Å². The van der Waals surface area contributed by atoms with E-state index in [4.69, 9.17) is 0 Å². The molecule has 3 rings (SSSR count). The number of carbonyl (C=O) groups is 1. The SMILES string of the molecule is O=C(O)c1ccccc1-c1cn[nH]c1-c1ccccc1. The van der Waals surface area contributed by atoms with Gasteiger partial charge in [0.05, 0.1) is 17.5 Å². The van der Waals surface area contributed by atoms with E-state index in [2.05, 4.69) is 10.2 Å². The molecule has 0 atom stereocenters. The summed E-state index contributed by atoms with van der Waals surface area (Å²) in [5.74, 6) is -0.944. The van der Waals surface area contributed by atoms with Gasteiger partial charge in [0.15, 0.2) is 0 Å². The molecule has 0 saturated carbocycles. The topological polar surface area (TPSA) is 66.0 Å². The Kier molecular flexibility index (Phi) is 3.05. The van der Waals surface area contributed by atoms with Crippen molar-refractivity contribution in [3.63, 3.8) is 0 Å². The highest BCUT2D eigenvalue weighted by atomic mass is 16.4. The number of benzene rings is 2. The van der Waals surface area contributed by atoms with Crippen LogP contribution in [0.25, 0.3) is 22.4 Å².